The first-order chi connectivity index (χ1) is 9.17. The van der Waals surface area contributed by atoms with Crippen LogP contribution in [0.5, 0.6) is 0 Å². The summed E-state index contributed by atoms with van der Waals surface area (Å²) < 4.78 is 0. The Morgan fingerprint density at radius 1 is 1.37 bits per heavy atom. The van der Waals surface area contributed by atoms with Crippen molar-refractivity contribution in [2.24, 2.45) is 0 Å². The SMILES string of the molecule is CCCNc1ccc(C)cc1C(=O)N(CC)C1CC1. The minimum atomic E-state index is 0.173. The lowest BCUT2D eigenvalue weighted by atomic mass is 10.1. The second-order valence-electron chi connectivity index (χ2n) is 5.30. The number of hydrogen-bond donors (Lipinski definition) is 1. The van der Waals surface area contributed by atoms with Crippen LogP contribution in [0.25, 0.3) is 0 Å². The van der Waals surface area contributed by atoms with E-state index in [1.165, 1.54) is 0 Å². The van der Waals surface area contributed by atoms with Crippen molar-refractivity contribution in [3.05, 3.63) is 29.3 Å². The molecule has 0 aliphatic heterocycles. The molecule has 0 unspecified atom stereocenters. The number of carbonyl (C=O) groups is 1. The van der Waals surface area contributed by atoms with Crippen LogP contribution in [0.2, 0.25) is 0 Å². The summed E-state index contributed by atoms with van der Waals surface area (Å²) in [5.41, 5.74) is 2.93. The fraction of sp³-hybridized carbons (Fsp3) is 0.562. The highest BCUT2D eigenvalue weighted by molar-refractivity contribution is 6.00. The number of rotatable bonds is 6. The molecule has 3 heteroatoms. The molecule has 0 radical (unpaired) electrons. The predicted octanol–water partition coefficient (Wildman–Crippen LogP) is 3.44. The first kappa shape index (κ1) is 13.9. The zero-order chi connectivity index (χ0) is 13.8. The maximum Gasteiger partial charge on any atom is 0.256 e. The highest BCUT2D eigenvalue weighted by atomic mass is 16.2. The van der Waals surface area contributed by atoms with Crippen LogP contribution >= 0.6 is 0 Å². The van der Waals surface area contributed by atoms with Gasteiger partial charge in [0.2, 0.25) is 0 Å². The Morgan fingerprint density at radius 2 is 2.11 bits per heavy atom. The number of anilines is 1. The van der Waals surface area contributed by atoms with Gasteiger partial charge in [-0.25, -0.2) is 0 Å². The lowest BCUT2D eigenvalue weighted by Crippen LogP contribution is -2.33. The second-order valence-corrected chi connectivity index (χ2v) is 5.30. The summed E-state index contributed by atoms with van der Waals surface area (Å²) in [6, 6.07) is 6.56. The number of nitrogens with zero attached hydrogens (tertiary/aromatic N) is 1. The molecule has 0 heterocycles. The molecule has 1 fully saturated rings. The van der Waals surface area contributed by atoms with Gasteiger partial charge in [-0.2, -0.15) is 0 Å². The van der Waals surface area contributed by atoms with E-state index < -0.39 is 0 Å². The largest absolute Gasteiger partial charge is 0.384 e. The first-order valence-corrected chi connectivity index (χ1v) is 7.32. The molecule has 0 atom stereocenters. The number of amides is 1. The number of nitrogens with one attached hydrogen (secondary N) is 1. The van der Waals surface area contributed by atoms with Gasteiger partial charge in [-0.05, 0) is 45.2 Å². The third-order valence-electron chi connectivity index (χ3n) is 3.56. The normalized spacial score (nSPS) is 14.3. The van der Waals surface area contributed by atoms with Crippen LogP contribution < -0.4 is 5.32 Å². The van der Waals surface area contributed by atoms with Crippen molar-refractivity contribution in [1.82, 2.24) is 4.90 Å². The molecule has 1 aromatic rings. The summed E-state index contributed by atoms with van der Waals surface area (Å²) in [6.07, 6.45) is 3.37. The van der Waals surface area contributed by atoms with Gasteiger partial charge in [-0.3, -0.25) is 4.79 Å². The van der Waals surface area contributed by atoms with Crippen molar-refractivity contribution in [3.63, 3.8) is 0 Å². The van der Waals surface area contributed by atoms with Gasteiger partial charge in [0.15, 0.2) is 0 Å². The highest BCUT2D eigenvalue weighted by Gasteiger charge is 2.32. The van der Waals surface area contributed by atoms with Crippen LogP contribution in [0.3, 0.4) is 0 Å². The van der Waals surface area contributed by atoms with Gasteiger partial charge in [0.05, 0.1) is 5.56 Å². The molecule has 1 aliphatic carbocycles. The van der Waals surface area contributed by atoms with Crippen LogP contribution in [0.1, 0.15) is 49.0 Å². The molecule has 0 saturated heterocycles. The highest BCUT2D eigenvalue weighted by Crippen LogP contribution is 2.29. The zero-order valence-electron chi connectivity index (χ0n) is 12.2. The number of hydrogen-bond acceptors (Lipinski definition) is 2. The van der Waals surface area contributed by atoms with E-state index in [0.29, 0.717) is 6.04 Å². The molecule has 3 nitrogen and oxygen atoms in total. The van der Waals surface area contributed by atoms with Gasteiger partial charge in [0.1, 0.15) is 0 Å². The van der Waals surface area contributed by atoms with Crippen LogP contribution in [0.4, 0.5) is 5.69 Å². The van der Waals surface area contributed by atoms with Gasteiger partial charge in [0, 0.05) is 24.8 Å². The molecular weight excluding hydrogens is 236 g/mol. The fourth-order valence-electron chi connectivity index (χ4n) is 2.36. The predicted molar refractivity (Wildman–Crippen MR) is 79.7 cm³/mol. The Bertz CT molecular complexity index is 452. The second kappa shape index (κ2) is 6.09. The molecule has 1 N–H and O–H groups in total. The van der Waals surface area contributed by atoms with Crippen LogP contribution in [0.15, 0.2) is 18.2 Å². The minimum Gasteiger partial charge on any atom is -0.384 e. The number of aryl methyl sites for hydroxylation is 1. The van der Waals surface area contributed by atoms with E-state index in [0.717, 1.165) is 49.2 Å². The third kappa shape index (κ3) is 3.28. The topological polar surface area (TPSA) is 32.3 Å². The summed E-state index contributed by atoms with van der Waals surface area (Å²) in [5.74, 6) is 0.173. The van der Waals surface area contributed by atoms with E-state index in [1.807, 2.05) is 24.0 Å². The van der Waals surface area contributed by atoms with E-state index in [9.17, 15) is 4.79 Å². The summed E-state index contributed by atoms with van der Waals surface area (Å²) in [6.45, 7) is 7.92. The Hall–Kier alpha value is -1.51. The summed E-state index contributed by atoms with van der Waals surface area (Å²) in [5, 5.41) is 3.36. The molecule has 104 valence electrons. The fourth-order valence-corrected chi connectivity index (χ4v) is 2.36. The summed E-state index contributed by atoms with van der Waals surface area (Å²) >= 11 is 0. The van der Waals surface area contributed by atoms with Crippen molar-refractivity contribution in [2.75, 3.05) is 18.4 Å². The minimum absolute atomic E-state index is 0.173. The molecule has 0 spiro atoms. The zero-order valence-corrected chi connectivity index (χ0v) is 12.2. The van der Waals surface area contributed by atoms with Crippen LogP contribution in [0, 0.1) is 6.92 Å². The Balaban J connectivity index is 2.24. The van der Waals surface area contributed by atoms with Crippen molar-refractivity contribution >= 4 is 11.6 Å². The quantitative estimate of drug-likeness (QED) is 0.849. The van der Waals surface area contributed by atoms with E-state index in [4.69, 9.17) is 0 Å². The standard InChI is InChI=1S/C16H24N2O/c1-4-10-17-15-9-6-12(3)11-14(15)16(19)18(5-2)13-7-8-13/h6,9,11,13,17H,4-5,7-8,10H2,1-3H3. The first-order valence-electron chi connectivity index (χ1n) is 7.32. The van der Waals surface area contributed by atoms with Crippen LogP contribution in [-0.4, -0.2) is 29.9 Å². The molecule has 1 amide bonds. The molecule has 19 heavy (non-hydrogen) atoms. The maximum atomic E-state index is 12.7. The third-order valence-corrected chi connectivity index (χ3v) is 3.56. The van der Waals surface area contributed by atoms with E-state index >= 15 is 0 Å². The number of benzene rings is 1. The molecule has 1 saturated carbocycles. The van der Waals surface area contributed by atoms with E-state index in [-0.39, 0.29) is 5.91 Å². The van der Waals surface area contributed by atoms with Crippen molar-refractivity contribution in [1.29, 1.82) is 0 Å². The molecule has 0 aromatic heterocycles. The average molecular weight is 260 g/mol. The summed E-state index contributed by atoms with van der Waals surface area (Å²) in [4.78, 5) is 14.7. The Labute approximate surface area is 116 Å². The smallest absolute Gasteiger partial charge is 0.256 e. The lowest BCUT2D eigenvalue weighted by molar-refractivity contribution is 0.0753. The maximum absolute atomic E-state index is 12.7. The van der Waals surface area contributed by atoms with E-state index in [1.54, 1.807) is 0 Å². The van der Waals surface area contributed by atoms with Gasteiger partial charge in [-0.1, -0.05) is 18.6 Å². The summed E-state index contributed by atoms with van der Waals surface area (Å²) in [7, 11) is 0. The van der Waals surface area contributed by atoms with Crippen molar-refractivity contribution < 1.29 is 4.79 Å². The van der Waals surface area contributed by atoms with Crippen LogP contribution in [-0.2, 0) is 0 Å². The van der Waals surface area contributed by atoms with Gasteiger partial charge in [-0.15, -0.1) is 0 Å². The van der Waals surface area contributed by atoms with Gasteiger partial charge >= 0.3 is 0 Å². The molecule has 1 aromatic carbocycles. The lowest BCUT2D eigenvalue weighted by Gasteiger charge is -2.22. The average Bonchev–Trinajstić information content (AvgIpc) is 3.22. The van der Waals surface area contributed by atoms with E-state index in [2.05, 4.69) is 25.2 Å². The monoisotopic (exact) mass is 260 g/mol. The molecule has 1 aliphatic rings. The molecule has 2 rings (SSSR count). The Morgan fingerprint density at radius 3 is 2.68 bits per heavy atom. The molecule has 0 bridgehead atoms. The van der Waals surface area contributed by atoms with Gasteiger partial charge in [0.25, 0.3) is 5.91 Å². The van der Waals surface area contributed by atoms with Crippen molar-refractivity contribution in [2.45, 2.75) is 46.1 Å². The number of carbonyl (C=O) groups excluding carboxylic acids is 1. The van der Waals surface area contributed by atoms with Gasteiger partial charge < -0.3 is 10.2 Å². The Kier molecular flexibility index (Phi) is 4.46. The molecular formula is C16H24N2O. The van der Waals surface area contributed by atoms with Crippen molar-refractivity contribution in [3.8, 4) is 0 Å².